The van der Waals surface area contributed by atoms with E-state index in [2.05, 4.69) is 20.9 Å². The van der Waals surface area contributed by atoms with Gasteiger partial charge in [0.25, 0.3) is 0 Å². The molecule has 1 aromatic heterocycles. The molecule has 0 saturated heterocycles. The van der Waals surface area contributed by atoms with Crippen LogP contribution in [0, 0.1) is 0 Å². The molecule has 0 spiro atoms. The quantitative estimate of drug-likeness (QED) is 0.786. The van der Waals surface area contributed by atoms with Gasteiger partial charge in [-0.15, -0.1) is 0 Å². The number of aromatic nitrogens is 1. The molecule has 3 nitrogen and oxygen atoms in total. The van der Waals surface area contributed by atoms with E-state index in [4.69, 9.17) is 5.11 Å². The molecule has 0 aliphatic carbocycles. The maximum absolute atomic E-state index is 10.1. The Morgan fingerprint density at radius 3 is 3.08 bits per heavy atom. The predicted octanol–water partition coefficient (Wildman–Crippen LogP) is 0.946. The van der Waals surface area contributed by atoms with E-state index in [9.17, 15) is 4.79 Å². The Morgan fingerprint density at radius 2 is 2.50 bits per heavy atom. The number of aliphatic hydroxyl groups is 1. The maximum Gasteiger partial charge on any atom is 0.148 e. The van der Waals surface area contributed by atoms with Crippen LogP contribution in [0.25, 0.3) is 0 Å². The van der Waals surface area contributed by atoms with Gasteiger partial charge in [-0.3, -0.25) is 4.98 Å². The highest BCUT2D eigenvalue weighted by atomic mass is 79.9. The van der Waals surface area contributed by atoms with Crippen LogP contribution in [0.1, 0.15) is 5.69 Å². The van der Waals surface area contributed by atoms with Gasteiger partial charge in [-0.1, -0.05) is 0 Å². The number of pyridine rings is 1. The first kappa shape index (κ1) is 9.35. The molecular formula is C8H8BrNO2. The van der Waals surface area contributed by atoms with Crippen molar-refractivity contribution in [3.05, 3.63) is 28.5 Å². The minimum absolute atomic E-state index is 0.255. The molecule has 0 amide bonds. The molecule has 0 fully saturated rings. The number of nitrogens with zero attached hydrogens (tertiary/aromatic N) is 1. The summed E-state index contributed by atoms with van der Waals surface area (Å²) < 4.78 is 0.811. The summed E-state index contributed by atoms with van der Waals surface area (Å²) in [6.07, 6.45) is 1.42. The van der Waals surface area contributed by atoms with Gasteiger partial charge in [-0.25, -0.2) is 0 Å². The van der Waals surface area contributed by atoms with Crippen LogP contribution < -0.4 is 0 Å². The second kappa shape index (κ2) is 4.33. The first-order chi connectivity index (χ1) is 5.74. The summed E-state index contributed by atoms with van der Waals surface area (Å²) >= 11 is 3.26. The molecular weight excluding hydrogens is 222 g/mol. The highest BCUT2D eigenvalue weighted by Gasteiger charge is 2.06. The summed E-state index contributed by atoms with van der Waals surface area (Å²) in [6.45, 7) is 0. The Morgan fingerprint density at radius 1 is 1.75 bits per heavy atom. The molecule has 0 radical (unpaired) electrons. The fourth-order valence-electron chi connectivity index (χ4n) is 0.815. The van der Waals surface area contributed by atoms with E-state index in [1.54, 1.807) is 12.3 Å². The molecule has 4 heteroatoms. The molecule has 0 saturated carbocycles. The Balaban J connectivity index is 2.75. The molecule has 1 rings (SSSR count). The van der Waals surface area contributed by atoms with E-state index in [0.29, 0.717) is 12.0 Å². The van der Waals surface area contributed by atoms with E-state index in [0.717, 1.165) is 4.47 Å². The molecule has 1 N–H and O–H groups in total. The highest BCUT2D eigenvalue weighted by Crippen LogP contribution is 2.14. The van der Waals surface area contributed by atoms with Crippen LogP contribution in [0.2, 0.25) is 0 Å². The third kappa shape index (κ3) is 2.39. The normalized spacial score (nSPS) is 12.5. The van der Waals surface area contributed by atoms with Crippen LogP contribution in [-0.2, 0) is 11.2 Å². The van der Waals surface area contributed by atoms with E-state index >= 15 is 0 Å². The number of halogens is 1. The minimum Gasteiger partial charge on any atom is -0.385 e. The van der Waals surface area contributed by atoms with Gasteiger partial charge < -0.3 is 9.90 Å². The van der Waals surface area contributed by atoms with Crippen molar-refractivity contribution in [2.75, 3.05) is 0 Å². The van der Waals surface area contributed by atoms with Crippen LogP contribution in [0.4, 0.5) is 0 Å². The molecule has 1 heterocycles. The summed E-state index contributed by atoms with van der Waals surface area (Å²) in [5, 5.41) is 9.01. The molecule has 1 aromatic rings. The molecule has 1 unspecified atom stereocenters. The summed E-state index contributed by atoms with van der Waals surface area (Å²) in [7, 11) is 0. The van der Waals surface area contributed by atoms with Crippen molar-refractivity contribution in [3.63, 3.8) is 0 Å². The van der Waals surface area contributed by atoms with Crippen molar-refractivity contribution < 1.29 is 9.90 Å². The van der Waals surface area contributed by atoms with Crippen LogP contribution in [0.15, 0.2) is 22.8 Å². The number of carbonyl (C=O) groups excluding carboxylic acids is 1. The highest BCUT2D eigenvalue weighted by molar-refractivity contribution is 9.10. The molecule has 0 aromatic carbocycles. The largest absolute Gasteiger partial charge is 0.385 e. The summed E-state index contributed by atoms with van der Waals surface area (Å²) in [4.78, 5) is 14.1. The van der Waals surface area contributed by atoms with Gasteiger partial charge in [0.1, 0.15) is 12.4 Å². The Kier molecular flexibility index (Phi) is 3.37. The number of carbonyl (C=O) groups is 1. The summed E-state index contributed by atoms with van der Waals surface area (Å²) in [5.41, 5.74) is 0.692. The van der Waals surface area contributed by atoms with Gasteiger partial charge in [0.2, 0.25) is 0 Å². The molecule has 64 valence electrons. The first-order valence-electron chi connectivity index (χ1n) is 3.47. The number of hydrogen-bond acceptors (Lipinski definition) is 3. The third-order valence-corrected chi connectivity index (χ3v) is 2.12. The SMILES string of the molecule is O=CC(O)Cc1ncccc1Br. The predicted molar refractivity (Wildman–Crippen MR) is 47.7 cm³/mol. The molecule has 12 heavy (non-hydrogen) atoms. The second-order valence-electron chi connectivity index (χ2n) is 2.34. The Labute approximate surface area is 78.6 Å². The zero-order chi connectivity index (χ0) is 8.97. The summed E-state index contributed by atoms with van der Waals surface area (Å²) in [6, 6.07) is 3.60. The lowest BCUT2D eigenvalue weighted by Crippen LogP contribution is -2.12. The van der Waals surface area contributed by atoms with Gasteiger partial charge in [0.15, 0.2) is 0 Å². The molecule has 0 aliphatic heterocycles. The Hall–Kier alpha value is -0.740. The van der Waals surface area contributed by atoms with Crippen molar-refractivity contribution >= 4 is 22.2 Å². The number of aliphatic hydroxyl groups excluding tert-OH is 1. The number of rotatable bonds is 3. The Bertz CT molecular complexity index is 278. The lowest BCUT2D eigenvalue weighted by molar-refractivity contribution is -0.114. The lowest BCUT2D eigenvalue weighted by atomic mass is 10.2. The fraction of sp³-hybridized carbons (Fsp3) is 0.250. The first-order valence-corrected chi connectivity index (χ1v) is 4.26. The third-order valence-electron chi connectivity index (χ3n) is 1.39. The molecule has 0 bridgehead atoms. The number of hydrogen-bond donors (Lipinski definition) is 1. The average molecular weight is 230 g/mol. The van der Waals surface area contributed by atoms with Gasteiger partial charge >= 0.3 is 0 Å². The van der Waals surface area contributed by atoms with Gasteiger partial charge in [0.05, 0.1) is 5.69 Å². The van der Waals surface area contributed by atoms with Crippen LogP contribution in [-0.4, -0.2) is 22.5 Å². The number of aldehydes is 1. The van der Waals surface area contributed by atoms with Crippen molar-refractivity contribution in [2.45, 2.75) is 12.5 Å². The van der Waals surface area contributed by atoms with E-state index in [-0.39, 0.29) is 6.42 Å². The molecule has 1 atom stereocenters. The van der Waals surface area contributed by atoms with E-state index in [1.807, 2.05) is 6.07 Å². The topological polar surface area (TPSA) is 50.2 Å². The zero-order valence-corrected chi connectivity index (χ0v) is 7.86. The van der Waals surface area contributed by atoms with Gasteiger partial charge in [0, 0.05) is 17.1 Å². The lowest BCUT2D eigenvalue weighted by Gasteiger charge is -2.03. The standard InChI is InChI=1S/C8H8BrNO2/c9-7-2-1-3-10-8(7)4-6(12)5-11/h1-3,5-6,12H,4H2. The van der Waals surface area contributed by atoms with Crippen molar-refractivity contribution in [1.82, 2.24) is 4.98 Å². The van der Waals surface area contributed by atoms with Crippen LogP contribution in [0.3, 0.4) is 0 Å². The van der Waals surface area contributed by atoms with Crippen LogP contribution >= 0.6 is 15.9 Å². The summed E-state index contributed by atoms with van der Waals surface area (Å²) in [5.74, 6) is 0. The maximum atomic E-state index is 10.1. The van der Waals surface area contributed by atoms with Crippen molar-refractivity contribution in [3.8, 4) is 0 Å². The molecule has 0 aliphatic rings. The van der Waals surface area contributed by atoms with Crippen molar-refractivity contribution in [2.24, 2.45) is 0 Å². The second-order valence-corrected chi connectivity index (χ2v) is 3.19. The zero-order valence-electron chi connectivity index (χ0n) is 6.27. The van der Waals surface area contributed by atoms with Crippen LogP contribution in [0.5, 0.6) is 0 Å². The minimum atomic E-state index is -0.962. The average Bonchev–Trinajstić information content (AvgIpc) is 2.09. The monoisotopic (exact) mass is 229 g/mol. The fourth-order valence-corrected chi connectivity index (χ4v) is 1.23. The van der Waals surface area contributed by atoms with Gasteiger partial charge in [-0.05, 0) is 28.1 Å². The van der Waals surface area contributed by atoms with E-state index in [1.165, 1.54) is 0 Å². The smallest absolute Gasteiger partial charge is 0.148 e. The van der Waals surface area contributed by atoms with Gasteiger partial charge in [-0.2, -0.15) is 0 Å². The van der Waals surface area contributed by atoms with Crippen molar-refractivity contribution in [1.29, 1.82) is 0 Å². The van der Waals surface area contributed by atoms with E-state index < -0.39 is 6.10 Å².